The van der Waals surface area contributed by atoms with Gasteiger partial charge in [0.2, 0.25) is 5.13 Å². The number of hydrogen-bond donors (Lipinski definition) is 0. The highest BCUT2D eigenvalue weighted by Crippen LogP contribution is 2.33. The highest BCUT2D eigenvalue weighted by molar-refractivity contribution is 7.22. The molecule has 0 unspecified atom stereocenters. The Labute approximate surface area is 149 Å². The van der Waals surface area contributed by atoms with Crippen LogP contribution in [-0.4, -0.2) is 35.6 Å². The van der Waals surface area contributed by atoms with Crippen molar-refractivity contribution in [3.8, 4) is 0 Å². The van der Waals surface area contributed by atoms with Crippen molar-refractivity contribution >= 4 is 38.3 Å². The quantitative estimate of drug-likeness (QED) is 0.681. The number of hydrazone groups is 1. The third-order valence-electron chi connectivity index (χ3n) is 3.78. The number of carbonyl (C=O) groups excluding carboxylic acids is 1. The smallest absolute Gasteiger partial charge is 0.284 e. The molecule has 0 radical (unpaired) electrons. The molecule has 124 valence electrons. The van der Waals surface area contributed by atoms with Crippen LogP contribution >= 0.6 is 11.3 Å². The Kier molecular flexibility index (Phi) is 3.82. The van der Waals surface area contributed by atoms with Crippen molar-refractivity contribution in [3.05, 3.63) is 71.9 Å². The van der Waals surface area contributed by atoms with Gasteiger partial charge in [-0.15, -0.1) is 0 Å². The van der Waals surface area contributed by atoms with E-state index in [1.807, 2.05) is 79.8 Å². The number of hydrogen-bond acceptors (Lipinski definition) is 5. The fourth-order valence-corrected chi connectivity index (χ4v) is 3.59. The van der Waals surface area contributed by atoms with Gasteiger partial charge in [0.1, 0.15) is 5.71 Å². The zero-order valence-corrected chi connectivity index (χ0v) is 14.7. The summed E-state index contributed by atoms with van der Waals surface area (Å²) in [6, 6.07) is 17.6. The molecule has 0 aliphatic carbocycles. The molecular weight excluding hydrogens is 332 g/mol. The first-order valence-electron chi connectivity index (χ1n) is 7.86. The lowest BCUT2D eigenvalue weighted by molar-refractivity contribution is -0.114. The minimum atomic E-state index is -0.161. The summed E-state index contributed by atoms with van der Waals surface area (Å²) in [5.41, 5.74) is 3.01. The SMILES string of the molecule is CN(C)C=C1C(=O)N(c2nc3ccccc3s2)N=C1c1ccccc1. The van der Waals surface area contributed by atoms with Crippen molar-refractivity contribution in [2.24, 2.45) is 5.10 Å². The van der Waals surface area contributed by atoms with Crippen LogP contribution in [0.2, 0.25) is 0 Å². The largest absolute Gasteiger partial charge is 0.383 e. The predicted molar refractivity (Wildman–Crippen MR) is 102 cm³/mol. The van der Waals surface area contributed by atoms with Gasteiger partial charge >= 0.3 is 0 Å². The van der Waals surface area contributed by atoms with Gasteiger partial charge < -0.3 is 4.90 Å². The maximum Gasteiger partial charge on any atom is 0.284 e. The number of para-hydroxylation sites is 1. The van der Waals surface area contributed by atoms with Gasteiger partial charge in [0.25, 0.3) is 5.91 Å². The van der Waals surface area contributed by atoms with Crippen molar-refractivity contribution in [3.63, 3.8) is 0 Å². The van der Waals surface area contributed by atoms with E-state index in [4.69, 9.17) is 0 Å². The van der Waals surface area contributed by atoms with Crippen LogP contribution in [0, 0.1) is 0 Å². The van der Waals surface area contributed by atoms with E-state index >= 15 is 0 Å². The Morgan fingerprint density at radius 1 is 1.04 bits per heavy atom. The number of rotatable bonds is 3. The van der Waals surface area contributed by atoms with Crippen molar-refractivity contribution in [1.82, 2.24) is 9.88 Å². The Hall–Kier alpha value is -2.99. The highest BCUT2D eigenvalue weighted by atomic mass is 32.1. The lowest BCUT2D eigenvalue weighted by Crippen LogP contribution is -2.22. The number of aromatic nitrogens is 1. The first kappa shape index (κ1) is 15.5. The van der Waals surface area contributed by atoms with Crippen LogP contribution in [0.1, 0.15) is 5.56 Å². The van der Waals surface area contributed by atoms with Crippen molar-refractivity contribution in [2.45, 2.75) is 0 Å². The van der Waals surface area contributed by atoms with Crippen molar-refractivity contribution in [1.29, 1.82) is 0 Å². The summed E-state index contributed by atoms with van der Waals surface area (Å²) in [5, 5.41) is 6.58. The standard InChI is InChI=1S/C19H16N4OS/c1-22(2)12-14-17(13-8-4-3-5-9-13)21-23(18(14)24)19-20-15-10-6-7-11-16(15)25-19/h3-12H,1-2H3. The Balaban J connectivity index is 1.83. The van der Waals surface area contributed by atoms with E-state index < -0.39 is 0 Å². The number of amides is 1. The molecule has 1 amide bonds. The summed E-state index contributed by atoms with van der Waals surface area (Å²) >= 11 is 1.46. The number of carbonyl (C=O) groups is 1. The van der Waals surface area contributed by atoms with Crippen LogP contribution in [-0.2, 0) is 4.79 Å². The molecule has 1 aliphatic heterocycles. The van der Waals surface area contributed by atoms with Crippen molar-refractivity contribution < 1.29 is 4.79 Å². The molecule has 1 aliphatic rings. The second-order valence-corrected chi connectivity index (χ2v) is 6.91. The Morgan fingerprint density at radius 2 is 1.76 bits per heavy atom. The van der Waals surface area contributed by atoms with E-state index in [1.165, 1.54) is 16.3 Å². The molecule has 0 N–H and O–H groups in total. The molecule has 4 rings (SSSR count). The van der Waals surface area contributed by atoms with Crippen LogP contribution < -0.4 is 5.01 Å². The number of benzene rings is 2. The number of nitrogens with zero attached hydrogens (tertiary/aromatic N) is 4. The van der Waals surface area contributed by atoms with E-state index in [0.717, 1.165) is 15.8 Å². The van der Waals surface area contributed by atoms with E-state index in [2.05, 4.69) is 10.1 Å². The molecule has 0 spiro atoms. The van der Waals surface area contributed by atoms with Crippen LogP contribution in [0.4, 0.5) is 5.13 Å². The molecule has 3 aromatic rings. The second-order valence-electron chi connectivity index (χ2n) is 5.90. The maximum atomic E-state index is 13.0. The zero-order valence-electron chi connectivity index (χ0n) is 13.9. The normalized spacial score (nSPS) is 15.9. The fraction of sp³-hybridized carbons (Fsp3) is 0.105. The van der Waals surface area contributed by atoms with Crippen LogP contribution in [0.3, 0.4) is 0 Å². The second kappa shape index (κ2) is 6.14. The van der Waals surface area contributed by atoms with E-state index in [-0.39, 0.29) is 5.91 Å². The summed E-state index contributed by atoms with van der Waals surface area (Å²) in [7, 11) is 3.78. The van der Waals surface area contributed by atoms with E-state index in [9.17, 15) is 4.79 Å². The van der Waals surface area contributed by atoms with Gasteiger partial charge in [-0.3, -0.25) is 4.79 Å². The Morgan fingerprint density at radius 3 is 2.48 bits per heavy atom. The summed E-state index contributed by atoms with van der Waals surface area (Å²) in [6.45, 7) is 0. The minimum Gasteiger partial charge on any atom is -0.383 e. The van der Waals surface area contributed by atoms with Gasteiger partial charge in [-0.1, -0.05) is 53.8 Å². The molecular formula is C19H16N4OS. The average molecular weight is 348 g/mol. The van der Waals surface area contributed by atoms with Gasteiger partial charge in [0.05, 0.1) is 15.8 Å². The van der Waals surface area contributed by atoms with Gasteiger partial charge in [-0.05, 0) is 12.1 Å². The minimum absolute atomic E-state index is 0.161. The summed E-state index contributed by atoms with van der Waals surface area (Å²) in [6.07, 6.45) is 1.81. The summed E-state index contributed by atoms with van der Waals surface area (Å²) < 4.78 is 1.03. The van der Waals surface area contributed by atoms with Crippen LogP contribution in [0.25, 0.3) is 10.2 Å². The summed E-state index contributed by atoms with van der Waals surface area (Å²) in [4.78, 5) is 19.4. The molecule has 0 atom stereocenters. The van der Waals surface area contributed by atoms with Crippen LogP contribution in [0.5, 0.6) is 0 Å². The maximum absolute atomic E-state index is 13.0. The third-order valence-corrected chi connectivity index (χ3v) is 4.79. The van der Waals surface area contributed by atoms with Gasteiger partial charge in [0.15, 0.2) is 0 Å². The van der Waals surface area contributed by atoms with E-state index in [0.29, 0.717) is 16.4 Å². The van der Waals surface area contributed by atoms with Gasteiger partial charge in [-0.25, -0.2) is 4.98 Å². The van der Waals surface area contributed by atoms with Gasteiger partial charge in [-0.2, -0.15) is 10.1 Å². The molecule has 5 nitrogen and oxygen atoms in total. The third kappa shape index (κ3) is 2.81. The Bertz CT molecular complexity index is 971. The molecule has 6 heteroatoms. The average Bonchev–Trinajstić information content (AvgIpc) is 3.17. The summed E-state index contributed by atoms with van der Waals surface area (Å²) in [5.74, 6) is -0.161. The molecule has 25 heavy (non-hydrogen) atoms. The van der Waals surface area contributed by atoms with Crippen molar-refractivity contribution in [2.75, 3.05) is 19.1 Å². The van der Waals surface area contributed by atoms with Gasteiger partial charge in [0, 0.05) is 25.9 Å². The first-order chi connectivity index (χ1) is 12.1. The first-order valence-corrected chi connectivity index (χ1v) is 8.68. The molecule has 0 fully saturated rings. The lowest BCUT2D eigenvalue weighted by atomic mass is 10.0. The molecule has 0 saturated carbocycles. The molecule has 2 aromatic carbocycles. The molecule has 1 aromatic heterocycles. The fourth-order valence-electron chi connectivity index (χ4n) is 2.68. The number of fused-ring (bicyclic) bond motifs is 1. The molecule has 0 saturated heterocycles. The molecule has 2 heterocycles. The number of anilines is 1. The van der Waals surface area contributed by atoms with E-state index in [1.54, 1.807) is 0 Å². The monoisotopic (exact) mass is 348 g/mol. The topological polar surface area (TPSA) is 48.8 Å². The van der Waals surface area contributed by atoms with Crippen LogP contribution in [0.15, 0.2) is 71.5 Å². The highest BCUT2D eigenvalue weighted by Gasteiger charge is 2.34. The molecule has 0 bridgehead atoms. The predicted octanol–water partition coefficient (Wildman–Crippen LogP) is 3.49. The number of thiazole rings is 1. The zero-order chi connectivity index (χ0) is 17.4. The lowest BCUT2D eigenvalue weighted by Gasteiger charge is -2.09.